The first-order valence-corrected chi connectivity index (χ1v) is 10.3. The van der Waals surface area contributed by atoms with Crippen LogP contribution in [0.25, 0.3) is 0 Å². The minimum Gasteiger partial charge on any atom is -0.361 e. The van der Waals surface area contributed by atoms with Gasteiger partial charge in [-0.15, -0.1) is 0 Å². The van der Waals surface area contributed by atoms with E-state index in [0.29, 0.717) is 0 Å². The second-order valence-corrected chi connectivity index (χ2v) is 8.38. The Hall–Kier alpha value is -1.75. The van der Waals surface area contributed by atoms with E-state index >= 15 is 0 Å². The largest absolute Gasteiger partial charge is 0.361 e. The molecular formula is C16H20BrN3O5S. The maximum Gasteiger partial charge on any atom is 0.330 e. The number of sulfonamides is 1. The Bertz CT molecular complexity index is 955. The summed E-state index contributed by atoms with van der Waals surface area (Å²) in [5.41, 5.74) is -0.207. The lowest BCUT2D eigenvalue weighted by Crippen LogP contribution is -2.30. The summed E-state index contributed by atoms with van der Waals surface area (Å²) in [6, 6.07) is 8.26. The molecule has 8 nitrogen and oxygen atoms in total. The monoisotopic (exact) mass is 445 g/mol. The Kier molecular flexibility index (Phi) is 7.33. The van der Waals surface area contributed by atoms with E-state index in [-0.39, 0.29) is 31.6 Å². The molecule has 0 spiro atoms. The number of aromatic nitrogens is 2. The molecule has 0 aliphatic rings. The van der Waals surface area contributed by atoms with Crippen LogP contribution in [0.1, 0.15) is 24.9 Å². The van der Waals surface area contributed by atoms with Gasteiger partial charge in [0.1, 0.15) is 6.73 Å². The number of nitrogens with one attached hydrogen (secondary N) is 2. The van der Waals surface area contributed by atoms with Gasteiger partial charge in [0, 0.05) is 29.4 Å². The van der Waals surface area contributed by atoms with Crippen molar-refractivity contribution >= 4 is 26.0 Å². The molecule has 1 unspecified atom stereocenters. The van der Waals surface area contributed by atoms with Crippen LogP contribution in [0.5, 0.6) is 0 Å². The van der Waals surface area contributed by atoms with Gasteiger partial charge < -0.3 is 4.74 Å². The standard InChI is InChI=1S/C16H20BrN3O5S/c1-12(13-5-2-3-6-14(13)17)19-26(23,24)10-4-9-25-11-20-8-7-15(21)18-16(20)22/h2-3,5-8,12,19H,4,9-11H2,1H3,(H,18,21,22). The summed E-state index contributed by atoms with van der Waals surface area (Å²) in [4.78, 5) is 24.5. The van der Waals surface area contributed by atoms with E-state index in [2.05, 4.69) is 25.6 Å². The highest BCUT2D eigenvalue weighted by Crippen LogP contribution is 2.23. The molecule has 0 saturated heterocycles. The molecular weight excluding hydrogens is 426 g/mol. The molecule has 142 valence electrons. The molecule has 0 saturated carbocycles. The molecule has 0 bridgehead atoms. The Labute approximate surface area is 159 Å². The van der Waals surface area contributed by atoms with Crippen molar-refractivity contribution in [2.45, 2.75) is 26.1 Å². The van der Waals surface area contributed by atoms with Gasteiger partial charge >= 0.3 is 5.69 Å². The van der Waals surface area contributed by atoms with E-state index in [1.807, 2.05) is 24.3 Å². The van der Waals surface area contributed by atoms with Crippen LogP contribution < -0.4 is 16.0 Å². The fourth-order valence-corrected chi connectivity index (χ4v) is 4.19. The lowest BCUT2D eigenvalue weighted by molar-refractivity contribution is 0.0744. The molecule has 1 aromatic carbocycles. The summed E-state index contributed by atoms with van der Waals surface area (Å²) in [6.45, 7) is 1.88. The lowest BCUT2D eigenvalue weighted by Gasteiger charge is -2.16. The predicted molar refractivity (Wildman–Crippen MR) is 101 cm³/mol. The van der Waals surface area contributed by atoms with Crippen LogP contribution in [0.4, 0.5) is 0 Å². The Morgan fingerprint density at radius 1 is 1.27 bits per heavy atom. The summed E-state index contributed by atoms with van der Waals surface area (Å²) in [5.74, 6) is -0.0949. The van der Waals surface area contributed by atoms with Crippen LogP contribution in [0.3, 0.4) is 0 Å². The molecule has 26 heavy (non-hydrogen) atoms. The zero-order valence-corrected chi connectivity index (χ0v) is 16.5. The lowest BCUT2D eigenvalue weighted by atomic mass is 10.1. The van der Waals surface area contributed by atoms with E-state index in [9.17, 15) is 18.0 Å². The number of rotatable bonds is 9. The Morgan fingerprint density at radius 3 is 2.69 bits per heavy atom. The molecule has 1 aromatic heterocycles. The third-order valence-electron chi connectivity index (χ3n) is 3.56. The van der Waals surface area contributed by atoms with Gasteiger partial charge in [-0.3, -0.25) is 14.3 Å². The average molecular weight is 446 g/mol. The van der Waals surface area contributed by atoms with Crippen LogP contribution in [0.2, 0.25) is 0 Å². The van der Waals surface area contributed by atoms with Crippen LogP contribution in [-0.2, 0) is 21.5 Å². The van der Waals surface area contributed by atoms with E-state index < -0.39 is 21.3 Å². The van der Waals surface area contributed by atoms with E-state index in [1.54, 1.807) is 6.92 Å². The van der Waals surface area contributed by atoms with Crippen molar-refractivity contribution in [1.82, 2.24) is 14.3 Å². The third kappa shape index (κ3) is 6.20. The van der Waals surface area contributed by atoms with Crippen molar-refractivity contribution in [3.05, 3.63) is 67.4 Å². The van der Waals surface area contributed by atoms with Crippen LogP contribution in [-0.4, -0.2) is 30.3 Å². The number of H-pyrrole nitrogens is 1. The average Bonchev–Trinajstić information content (AvgIpc) is 2.56. The first-order chi connectivity index (χ1) is 12.3. The van der Waals surface area contributed by atoms with E-state index in [1.165, 1.54) is 16.8 Å². The first-order valence-electron chi connectivity index (χ1n) is 7.90. The van der Waals surface area contributed by atoms with Crippen molar-refractivity contribution in [2.24, 2.45) is 0 Å². The number of benzene rings is 1. The number of hydrogen-bond acceptors (Lipinski definition) is 5. The fourth-order valence-electron chi connectivity index (χ4n) is 2.28. The molecule has 2 N–H and O–H groups in total. The van der Waals surface area contributed by atoms with Gasteiger partial charge in [0.25, 0.3) is 5.56 Å². The van der Waals surface area contributed by atoms with Gasteiger partial charge in [-0.05, 0) is 25.0 Å². The fraction of sp³-hybridized carbons (Fsp3) is 0.375. The van der Waals surface area contributed by atoms with Crippen molar-refractivity contribution in [3.8, 4) is 0 Å². The molecule has 10 heteroatoms. The molecule has 2 rings (SSSR count). The number of halogens is 1. The van der Waals surface area contributed by atoms with Crippen molar-refractivity contribution < 1.29 is 13.2 Å². The molecule has 0 fully saturated rings. The van der Waals surface area contributed by atoms with E-state index in [4.69, 9.17) is 4.74 Å². The summed E-state index contributed by atoms with van der Waals surface area (Å²) >= 11 is 3.41. The van der Waals surface area contributed by atoms with Gasteiger partial charge in [0.2, 0.25) is 10.0 Å². The van der Waals surface area contributed by atoms with E-state index in [0.717, 1.165) is 10.0 Å². The van der Waals surface area contributed by atoms with Crippen molar-refractivity contribution in [2.75, 3.05) is 12.4 Å². The second-order valence-electron chi connectivity index (χ2n) is 5.65. The highest BCUT2D eigenvalue weighted by atomic mass is 79.9. The first kappa shape index (κ1) is 20.6. The van der Waals surface area contributed by atoms with Gasteiger partial charge in [0.15, 0.2) is 0 Å². The zero-order chi connectivity index (χ0) is 19.2. The van der Waals surface area contributed by atoms with Gasteiger partial charge in [0.05, 0.1) is 5.75 Å². The maximum absolute atomic E-state index is 12.2. The Morgan fingerprint density at radius 2 is 2.00 bits per heavy atom. The van der Waals surface area contributed by atoms with Crippen LogP contribution in [0, 0.1) is 0 Å². The third-order valence-corrected chi connectivity index (χ3v) is 5.82. The summed E-state index contributed by atoms with van der Waals surface area (Å²) < 4.78 is 34.3. The van der Waals surface area contributed by atoms with Gasteiger partial charge in [-0.25, -0.2) is 17.9 Å². The molecule has 0 radical (unpaired) electrons. The minimum absolute atomic E-state index is 0.0591. The van der Waals surface area contributed by atoms with Crippen LogP contribution in [0.15, 0.2) is 50.6 Å². The smallest absolute Gasteiger partial charge is 0.330 e. The molecule has 1 heterocycles. The topological polar surface area (TPSA) is 110 Å². The quantitative estimate of drug-likeness (QED) is 0.565. The summed E-state index contributed by atoms with van der Waals surface area (Å²) in [7, 11) is -3.47. The number of hydrogen-bond donors (Lipinski definition) is 2. The molecule has 0 aliphatic carbocycles. The summed E-state index contributed by atoms with van der Waals surface area (Å²) in [5, 5.41) is 0. The molecule has 2 aromatic rings. The Balaban J connectivity index is 1.78. The molecule has 0 aliphatic heterocycles. The second kappa shape index (κ2) is 9.26. The van der Waals surface area contributed by atoms with Crippen molar-refractivity contribution in [1.29, 1.82) is 0 Å². The van der Waals surface area contributed by atoms with Crippen LogP contribution >= 0.6 is 15.9 Å². The number of aromatic amines is 1. The molecule has 1 atom stereocenters. The summed E-state index contributed by atoms with van der Waals surface area (Å²) in [6.07, 6.45) is 1.59. The minimum atomic E-state index is -3.47. The van der Waals surface area contributed by atoms with Gasteiger partial charge in [-0.1, -0.05) is 34.1 Å². The highest BCUT2D eigenvalue weighted by Gasteiger charge is 2.17. The predicted octanol–water partition coefficient (Wildman–Crippen LogP) is 1.34. The SMILES string of the molecule is CC(NS(=O)(=O)CCCOCn1ccc(=O)[nH]c1=O)c1ccccc1Br. The number of ether oxygens (including phenoxy) is 1. The van der Waals surface area contributed by atoms with Crippen molar-refractivity contribution in [3.63, 3.8) is 0 Å². The molecule has 0 amide bonds. The maximum atomic E-state index is 12.2. The normalized spacial score (nSPS) is 12.8. The van der Waals surface area contributed by atoms with Gasteiger partial charge in [-0.2, -0.15) is 0 Å². The zero-order valence-electron chi connectivity index (χ0n) is 14.1. The number of nitrogens with zero attached hydrogens (tertiary/aromatic N) is 1. The highest BCUT2D eigenvalue weighted by molar-refractivity contribution is 9.10.